The highest BCUT2D eigenvalue weighted by atomic mass is 16.2. The van der Waals surface area contributed by atoms with Crippen molar-refractivity contribution >= 4 is 5.91 Å². The molecule has 1 aliphatic carbocycles. The summed E-state index contributed by atoms with van der Waals surface area (Å²) in [7, 11) is 0. The van der Waals surface area contributed by atoms with Crippen LogP contribution in [-0.2, 0) is 4.79 Å². The number of amides is 1. The molecule has 2 N–H and O–H groups in total. The van der Waals surface area contributed by atoms with Crippen molar-refractivity contribution in [3.63, 3.8) is 0 Å². The van der Waals surface area contributed by atoms with Gasteiger partial charge in [-0.05, 0) is 30.6 Å². The molecule has 1 saturated heterocycles. The number of hydrogen-bond donors (Lipinski definition) is 1. The molecule has 3 atom stereocenters. The summed E-state index contributed by atoms with van der Waals surface area (Å²) in [6.07, 6.45) is 3.98. The van der Waals surface area contributed by atoms with E-state index in [9.17, 15) is 4.79 Å². The number of nitrogens with two attached hydrogens (primary N) is 1. The van der Waals surface area contributed by atoms with Crippen LogP contribution in [-0.4, -0.2) is 29.9 Å². The van der Waals surface area contributed by atoms with Gasteiger partial charge < -0.3 is 10.6 Å². The van der Waals surface area contributed by atoms with Gasteiger partial charge in [0.1, 0.15) is 0 Å². The molecule has 0 aromatic rings. The van der Waals surface area contributed by atoms with Gasteiger partial charge in [-0.25, -0.2) is 0 Å². The maximum absolute atomic E-state index is 12.0. The van der Waals surface area contributed by atoms with Gasteiger partial charge in [-0.15, -0.1) is 0 Å². The lowest BCUT2D eigenvalue weighted by atomic mass is 10.0. The van der Waals surface area contributed by atoms with Gasteiger partial charge in [0.2, 0.25) is 5.91 Å². The molecule has 0 radical (unpaired) electrons. The molecule has 86 valence electrons. The molecule has 0 aromatic carbocycles. The molecule has 2 fully saturated rings. The molecule has 3 heteroatoms. The Labute approximate surface area is 92.0 Å². The van der Waals surface area contributed by atoms with E-state index in [4.69, 9.17) is 5.73 Å². The van der Waals surface area contributed by atoms with Crippen LogP contribution < -0.4 is 5.73 Å². The van der Waals surface area contributed by atoms with Crippen molar-refractivity contribution in [2.75, 3.05) is 13.1 Å². The Kier molecular flexibility index (Phi) is 3.01. The van der Waals surface area contributed by atoms with Crippen LogP contribution >= 0.6 is 0 Å². The molecule has 3 nitrogen and oxygen atoms in total. The number of hydrogen-bond acceptors (Lipinski definition) is 2. The van der Waals surface area contributed by atoms with Crippen molar-refractivity contribution in [2.45, 2.75) is 39.2 Å². The smallest absolute Gasteiger partial charge is 0.239 e. The fourth-order valence-corrected chi connectivity index (χ4v) is 2.91. The van der Waals surface area contributed by atoms with Gasteiger partial charge >= 0.3 is 0 Å². The van der Waals surface area contributed by atoms with Gasteiger partial charge in [0, 0.05) is 13.1 Å². The van der Waals surface area contributed by atoms with Crippen LogP contribution in [0.2, 0.25) is 0 Å². The highest BCUT2D eigenvalue weighted by Gasteiger charge is 2.39. The molecule has 1 heterocycles. The summed E-state index contributed by atoms with van der Waals surface area (Å²) in [5, 5.41) is 0. The van der Waals surface area contributed by atoms with Crippen molar-refractivity contribution in [2.24, 2.45) is 23.5 Å². The van der Waals surface area contributed by atoms with Crippen LogP contribution in [0.15, 0.2) is 0 Å². The summed E-state index contributed by atoms with van der Waals surface area (Å²) in [6, 6.07) is -0.302. The highest BCUT2D eigenvalue weighted by Crippen LogP contribution is 2.37. The molecule has 15 heavy (non-hydrogen) atoms. The molecule has 2 unspecified atom stereocenters. The van der Waals surface area contributed by atoms with Crippen molar-refractivity contribution in [3.05, 3.63) is 0 Å². The van der Waals surface area contributed by atoms with Crippen LogP contribution in [0.1, 0.15) is 33.1 Å². The van der Waals surface area contributed by atoms with Crippen LogP contribution in [0.25, 0.3) is 0 Å². The van der Waals surface area contributed by atoms with Crippen molar-refractivity contribution in [1.29, 1.82) is 0 Å². The van der Waals surface area contributed by atoms with Crippen molar-refractivity contribution in [1.82, 2.24) is 4.90 Å². The lowest BCUT2D eigenvalue weighted by Gasteiger charge is -2.23. The monoisotopic (exact) mass is 210 g/mol. The number of nitrogens with zero attached hydrogens (tertiary/aromatic N) is 1. The maximum atomic E-state index is 12.0. The third-order valence-corrected chi connectivity index (χ3v) is 4.04. The normalized spacial score (nSPS) is 32.1. The van der Waals surface area contributed by atoms with Gasteiger partial charge in [0.05, 0.1) is 6.04 Å². The van der Waals surface area contributed by atoms with E-state index in [0.717, 1.165) is 24.9 Å². The Bertz CT molecular complexity index is 240. The summed E-state index contributed by atoms with van der Waals surface area (Å²) < 4.78 is 0. The van der Waals surface area contributed by atoms with E-state index in [1.165, 1.54) is 19.3 Å². The van der Waals surface area contributed by atoms with E-state index in [0.29, 0.717) is 0 Å². The molecule has 1 amide bonds. The fraction of sp³-hybridized carbons (Fsp3) is 0.917. The van der Waals surface area contributed by atoms with Gasteiger partial charge in [-0.3, -0.25) is 4.79 Å². The van der Waals surface area contributed by atoms with Crippen LogP contribution in [0.4, 0.5) is 0 Å². The number of carbonyl (C=O) groups is 1. The van der Waals surface area contributed by atoms with E-state index < -0.39 is 0 Å². The summed E-state index contributed by atoms with van der Waals surface area (Å²) >= 11 is 0. The van der Waals surface area contributed by atoms with Crippen LogP contribution in [0, 0.1) is 17.8 Å². The molecular weight excluding hydrogens is 188 g/mol. The largest absolute Gasteiger partial charge is 0.341 e. The van der Waals surface area contributed by atoms with Gasteiger partial charge in [0.15, 0.2) is 0 Å². The standard InChI is InChI=1S/C12H22N2O/c1-8(2)11(13)12(15)14-6-9-4-3-5-10(9)7-14/h8-11H,3-7,13H2,1-2H3/t9?,10?,11-/m1/s1. The summed E-state index contributed by atoms with van der Waals surface area (Å²) in [4.78, 5) is 14.0. The summed E-state index contributed by atoms with van der Waals surface area (Å²) in [5.41, 5.74) is 5.90. The molecule has 0 aromatic heterocycles. The Morgan fingerprint density at radius 2 is 1.80 bits per heavy atom. The van der Waals surface area contributed by atoms with Crippen LogP contribution in [0.3, 0.4) is 0 Å². The Morgan fingerprint density at radius 3 is 2.27 bits per heavy atom. The van der Waals surface area contributed by atoms with E-state index in [1.54, 1.807) is 0 Å². The molecule has 1 saturated carbocycles. The quantitative estimate of drug-likeness (QED) is 0.745. The average Bonchev–Trinajstić information content (AvgIpc) is 2.74. The first-order valence-corrected chi connectivity index (χ1v) is 6.14. The lowest BCUT2D eigenvalue weighted by Crippen LogP contribution is -2.45. The second-order valence-corrected chi connectivity index (χ2v) is 5.46. The molecule has 0 bridgehead atoms. The van der Waals surface area contributed by atoms with E-state index in [-0.39, 0.29) is 17.9 Å². The first-order chi connectivity index (χ1) is 7.09. The topological polar surface area (TPSA) is 46.3 Å². The lowest BCUT2D eigenvalue weighted by molar-refractivity contribution is -0.132. The number of likely N-dealkylation sites (tertiary alicyclic amines) is 1. The third kappa shape index (κ3) is 2.03. The minimum Gasteiger partial charge on any atom is -0.341 e. The fourth-order valence-electron chi connectivity index (χ4n) is 2.91. The average molecular weight is 210 g/mol. The first-order valence-electron chi connectivity index (χ1n) is 6.14. The molecular formula is C12H22N2O. The Balaban J connectivity index is 1.93. The predicted octanol–water partition coefficient (Wildman–Crippen LogP) is 1.23. The zero-order valence-electron chi connectivity index (χ0n) is 9.78. The van der Waals surface area contributed by atoms with Gasteiger partial charge in [-0.1, -0.05) is 20.3 Å². The minimum absolute atomic E-state index is 0.166. The zero-order chi connectivity index (χ0) is 11.0. The molecule has 2 aliphatic rings. The summed E-state index contributed by atoms with van der Waals surface area (Å²) in [5.74, 6) is 1.96. The number of rotatable bonds is 2. The summed E-state index contributed by atoms with van der Waals surface area (Å²) in [6.45, 7) is 5.95. The van der Waals surface area contributed by atoms with Gasteiger partial charge in [-0.2, -0.15) is 0 Å². The second kappa shape index (κ2) is 4.12. The molecule has 1 aliphatic heterocycles. The first kappa shape index (κ1) is 10.9. The highest BCUT2D eigenvalue weighted by molar-refractivity contribution is 5.82. The van der Waals surface area contributed by atoms with Gasteiger partial charge in [0.25, 0.3) is 0 Å². The number of carbonyl (C=O) groups excluding carboxylic acids is 1. The minimum atomic E-state index is -0.302. The van der Waals surface area contributed by atoms with E-state index in [1.807, 2.05) is 18.7 Å². The van der Waals surface area contributed by atoms with E-state index >= 15 is 0 Å². The number of fused-ring (bicyclic) bond motifs is 1. The second-order valence-electron chi connectivity index (χ2n) is 5.46. The van der Waals surface area contributed by atoms with E-state index in [2.05, 4.69) is 0 Å². The predicted molar refractivity (Wildman–Crippen MR) is 60.2 cm³/mol. The molecule has 2 rings (SSSR count). The third-order valence-electron chi connectivity index (χ3n) is 4.04. The van der Waals surface area contributed by atoms with Crippen molar-refractivity contribution in [3.8, 4) is 0 Å². The Hall–Kier alpha value is -0.570. The molecule has 0 spiro atoms. The Morgan fingerprint density at radius 1 is 1.27 bits per heavy atom. The SMILES string of the molecule is CC(C)[C@@H](N)C(=O)N1CC2CCCC2C1. The van der Waals surface area contributed by atoms with Crippen LogP contribution in [0.5, 0.6) is 0 Å². The van der Waals surface area contributed by atoms with Crippen molar-refractivity contribution < 1.29 is 4.79 Å². The zero-order valence-corrected chi connectivity index (χ0v) is 9.78. The maximum Gasteiger partial charge on any atom is 0.239 e.